The molecule has 0 unspecified atom stereocenters. The first kappa shape index (κ1) is 36.7. The van der Waals surface area contributed by atoms with E-state index in [4.69, 9.17) is 17.3 Å². The van der Waals surface area contributed by atoms with Crippen LogP contribution in [-0.2, 0) is 9.59 Å². The Hall–Kier alpha value is 0.450. The molecule has 3 saturated heterocycles. The average Bonchev–Trinajstić information content (AvgIpc) is 3.80. The molecule has 258 valence electrons. The molecule has 8 saturated carbocycles. The Kier molecular flexibility index (Phi) is 13.8. The number of rotatable bonds is 4. The number of nitrogens with one attached hydrogen (secondary N) is 2. The van der Waals surface area contributed by atoms with Gasteiger partial charge in [-0.05, 0) is 113 Å². The molecule has 11 rings (SSSR count). The van der Waals surface area contributed by atoms with E-state index in [1.807, 2.05) is 28.4 Å². The summed E-state index contributed by atoms with van der Waals surface area (Å²) in [5.41, 5.74) is 6.95. The van der Waals surface area contributed by atoms with Gasteiger partial charge in [-0.25, -0.2) is 0 Å². The summed E-state index contributed by atoms with van der Waals surface area (Å²) in [5, 5.41) is 6.89. The van der Waals surface area contributed by atoms with E-state index < -0.39 is 0 Å². The van der Waals surface area contributed by atoms with Crippen molar-refractivity contribution >= 4 is 71.1 Å². The topological polar surface area (TPSA) is 90.7 Å². The number of halogens is 2. The van der Waals surface area contributed by atoms with Gasteiger partial charge in [0.25, 0.3) is 0 Å². The first-order valence-electron chi connectivity index (χ1n) is 17.4. The minimum atomic E-state index is 0. The molecule has 12 heteroatoms. The number of amides is 2. The monoisotopic (exact) mass is 721 g/mol. The van der Waals surface area contributed by atoms with Crippen molar-refractivity contribution in [2.24, 2.45) is 41.2 Å². The first-order valence-corrected chi connectivity index (χ1v) is 21.4. The lowest BCUT2D eigenvalue weighted by atomic mass is 9.53. The van der Waals surface area contributed by atoms with E-state index in [9.17, 15) is 9.59 Å². The molecule has 11 fully saturated rings. The number of carbonyl (C=O) groups is 2. The number of nitrogens with zero attached hydrogens (tertiary/aromatic N) is 2. The quantitative estimate of drug-likeness (QED) is 0.331. The van der Waals surface area contributed by atoms with Crippen LogP contribution in [-0.4, -0.2) is 99.6 Å². The van der Waals surface area contributed by atoms with E-state index in [1.54, 1.807) is 16.7 Å². The van der Waals surface area contributed by atoms with Crippen molar-refractivity contribution in [1.82, 2.24) is 20.4 Å². The summed E-state index contributed by atoms with van der Waals surface area (Å²) in [4.78, 5) is 26.8. The summed E-state index contributed by atoms with van der Waals surface area (Å²) in [6.07, 6.45) is 17.0. The zero-order valence-corrected chi connectivity index (χ0v) is 31.0. The molecule has 4 N–H and O–H groups in total. The summed E-state index contributed by atoms with van der Waals surface area (Å²) >= 11 is 10.9. The van der Waals surface area contributed by atoms with Crippen LogP contribution in [0.25, 0.3) is 0 Å². The van der Waals surface area contributed by atoms with Crippen LogP contribution in [0.15, 0.2) is 0 Å². The third-order valence-electron chi connectivity index (χ3n) is 11.7. The lowest BCUT2D eigenvalue weighted by Gasteiger charge is -2.57. The molecule has 0 aromatic rings. The van der Waals surface area contributed by atoms with Gasteiger partial charge in [0.1, 0.15) is 5.88 Å². The zero-order valence-electron chi connectivity index (χ0n) is 27.0. The van der Waals surface area contributed by atoms with Crippen LogP contribution in [0.4, 0.5) is 0 Å². The van der Waals surface area contributed by atoms with Crippen LogP contribution in [0.1, 0.15) is 77.0 Å². The molecule has 0 aromatic carbocycles. The van der Waals surface area contributed by atoms with Crippen molar-refractivity contribution in [3.8, 4) is 0 Å². The summed E-state index contributed by atoms with van der Waals surface area (Å²) in [5.74, 6) is 12.8. The maximum Gasteiger partial charge on any atom is 0.238 e. The molecule has 7 nitrogen and oxygen atoms in total. The lowest BCUT2D eigenvalue weighted by molar-refractivity contribution is -0.130. The van der Waals surface area contributed by atoms with E-state index >= 15 is 0 Å². The third kappa shape index (κ3) is 10.0. The number of hydrogen-bond donors (Lipinski definition) is 3. The molecule has 3 heterocycles. The number of carbonyl (C=O) groups excluding carboxylic acids is 2. The van der Waals surface area contributed by atoms with Gasteiger partial charge in [-0.3, -0.25) is 9.59 Å². The summed E-state index contributed by atoms with van der Waals surface area (Å²) < 4.78 is 0. The van der Waals surface area contributed by atoms with Crippen LogP contribution >= 0.6 is 59.3 Å². The maximum absolute atomic E-state index is 12.2. The van der Waals surface area contributed by atoms with Gasteiger partial charge in [-0.15, -0.1) is 59.3 Å². The van der Waals surface area contributed by atoms with Crippen molar-refractivity contribution < 1.29 is 9.59 Å². The minimum absolute atomic E-state index is 0. The molecule has 8 bridgehead atoms. The molecule has 0 spiro atoms. The van der Waals surface area contributed by atoms with Crippen molar-refractivity contribution in [2.75, 3.05) is 66.9 Å². The molecule has 0 aromatic heterocycles. The highest BCUT2D eigenvalue weighted by atomic mass is 35.5. The standard InChI is InChI=1S/C15H24N2OS.C10H17N.C5H8ClNOS.C3H7NS.ClH/c18-14(17-1-2-19-10-17)9-16-15-6-11-3-12(7-15)5-13(4-11)8-15;11-10-4-7-1-8(5-10)3-9(2-7)6-10;6-3-5(8)7-1-2-9-4-7;1-2-5-3-4-1;/h11-13,16H,1-10H2;7-9H,1-6,11H2;1-4H2;4H,1-3H2;1H. The highest BCUT2D eigenvalue weighted by Gasteiger charge is 2.51. The fourth-order valence-corrected chi connectivity index (χ4v) is 13.4. The molecule has 3 aliphatic heterocycles. The fourth-order valence-electron chi connectivity index (χ4n) is 10.5. The van der Waals surface area contributed by atoms with Crippen LogP contribution in [0.5, 0.6) is 0 Å². The Morgan fingerprint density at radius 3 is 1.53 bits per heavy atom. The normalized spacial score (nSPS) is 39.7. The second-order valence-corrected chi connectivity index (χ2v) is 18.9. The molecular weight excluding hydrogens is 666 g/mol. The number of nitrogens with two attached hydrogens (primary N) is 1. The first-order chi connectivity index (χ1) is 21.3. The van der Waals surface area contributed by atoms with Crippen molar-refractivity contribution in [3.05, 3.63) is 0 Å². The zero-order chi connectivity index (χ0) is 30.6. The van der Waals surface area contributed by atoms with E-state index in [-0.39, 0.29) is 24.2 Å². The van der Waals surface area contributed by atoms with E-state index in [0.717, 1.165) is 71.9 Å². The lowest BCUT2D eigenvalue weighted by Crippen LogP contribution is -2.59. The van der Waals surface area contributed by atoms with Crippen LogP contribution in [0.3, 0.4) is 0 Å². The van der Waals surface area contributed by atoms with Gasteiger partial charge in [0, 0.05) is 53.8 Å². The molecule has 45 heavy (non-hydrogen) atoms. The Morgan fingerprint density at radius 1 is 0.733 bits per heavy atom. The van der Waals surface area contributed by atoms with E-state index in [0.29, 0.717) is 23.5 Å². The number of alkyl halides is 1. The van der Waals surface area contributed by atoms with Gasteiger partial charge in [0.2, 0.25) is 11.8 Å². The van der Waals surface area contributed by atoms with Gasteiger partial charge >= 0.3 is 0 Å². The predicted molar refractivity (Wildman–Crippen MR) is 195 cm³/mol. The van der Waals surface area contributed by atoms with Crippen molar-refractivity contribution in [2.45, 2.75) is 88.1 Å². The van der Waals surface area contributed by atoms with Gasteiger partial charge < -0.3 is 26.2 Å². The average molecular weight is 723 g/mol. The summed E-state index contributed by atoms with van der Waals surface area (Å²) in [6, 6.07) is 0. The second-order valence-electron chi connectivity index (χ2n) is 15.4. The van der Waals surface area contributed by atoms with Crippen LogP contribution in [0, 0.1) is 35.5 Å². The van der Waals surface area contributed by atoms with Gasteiger partial charge in [-0.2, -0.15) is 0 Å². The highest BCUT2D eigenvalue weighted by molar-refractivity contribution is 7.99. The largest absolute Gasteiger partial charge is 0.332 e. The molecule has 11 aliphatic rings. The van der Waals surface area contributed by atoms with Crippen LogP contribution in [0.2, 0.25) is 0 Å². The highest BCUT2D eigenvalue weighted by Crippen LogP contribution is 2.56. The molecule has 8 aliphatic carbocycles. The molecule has 0 atom stereocenters. The molecule has 0 radical (unpaired) electrons. The van der Waals surface area contributed by atoms with Crippen molar-refractivity contribution in [3.63, 3.8) is 0 Å². The Bertz CT molecular complexity index is 900. The summed E-state index contributed by atoms with van der Waals surface area (Å²) in [6.45, 7) is 3.61. The fraction of sp³-hybridized carbons (Fsp3) is 0.939. The predicted octanol–water partition coefficient (Wildman–Crippen LogP) is 5.45. The Labute approximate surface area is 295 Å². The SMILES string of the molecule is C1CSCN1.Cl.NC12CC3CC(CC(C3)C1)C2.O=C(CCl)N1CCSC1.O=C(CNC12CC3CC(CC(C3)C1)C2)N1CCSC1. The Balaban J connectivity index is 0.000000131. The smallest absolute Gasteiger partial charge is 0.238 e. The van der Waals surface area contributed by atoms with Gasteiger partial charge in [0.05, 0.1) is 18.3 Å². The van der Waals surface area contributed by atoms with Crippen LogP contribution < -0.4 is 16.4 Å². The molecular formula is C33H57Cl2N5O2S3. The second kappa shape index (κ2) is 16.9. The third-order valence-corrected chi connectivity index (χ3v) is 14.8. The van der Waals surface area contributed by atoms with E-state index in [2.05, 4.69) is 10.6 Å². The van der Waals surface area contributed by atoms with Gasteiger partial charge in [0.15, 0.2) is 0 Å². The Morgan fingerprint density at radius 2 is 1.20 bits per heavy atom. The molecule has 2 amide bonds. The maximum atomic E-state index is 12.2. The minimum Gasteiger partial charge on any atom is -0.332 e. The number of hydrogen-bond acceptors (Lipinski definition) is 8. The van der Waals surface area contributed by atoms with Crippen molar-refractivity contribution in [1.29, 1.82) is 0 Å². The number of thioether (sulfide) groups is 3. The van der Waals surface area contributed by atoms with E-state index in [1.165, 1.54) is 95.2 Å². The van der Waals surface area contributed by atoms with Gasteiger partial charge in [-0.1, -0.05) is 0 Å². The summed E-state index contributed by atoms with van der Waals surface area (Å²) in [7, 11) is 0.